The smallest absolute Gasteiger partial charge is 0.228 e. The molecule has 1 saturated carbocycles. The summed E-state index contributed by atoms with van der Waals surface area (Å²) in [7, 11) is 0. The molecule has 0 bridgehead atoms. The molecule has 1 fully saturated rings. The number of benzene rings is 2. The van der Waals surface area contributed by atoms with Crippen molar-refractivity contribution in [2.45, 2.75) is 26.2 Å². The first-order chi connectivity index (χ1) is 10.4. The molecule has 1 aliphatic carbocycles. The Labute approximate surface area is 140 Å². The number of halogens is 2. The highest BCUT2D eigenvalue weighted by Gasteiger charge is 2.44. The Hall–Kier alpha value is -1.51. The third-order valence-corrected chi connectivity index (χ3v) is 4.53. The Kier molecular flexibility index (Phi) is 4.16. The van der Waals surface area contributed by atoms with Crippen LogP contribution in [-0.2, 0) is 4.79 Å². The van der Waals surface area contributed by atoms with Gasteiger partial charge in [0.1, 0.15) is 0 Å². The highest BCUT2D eigenvalue weighted by molar-refractivity contribution is 6.34. The van der Waals surface area contributed by atoms with E-state index in [0.29, 0.717) is 10.0 Å². The van der Waals surface area contributed by atoms with Crippen LogP contribution in [0.3, 0.4) is 0 Å². The Morgan fingerprint density at radius 1 is 1.09 bits per heavy atom. The summed E-state index contributed by atoms with van der Waals surface area (Å²) >= 11 is 12.1. The van der Waals surface area contributed by atoms with Gasteiger partial charge in [-0.2, -0.15) is 0 Å². The number of aryl methyl sites for hydroxylation is 2. The minimum absolute atomic E-state index is 0.00514. The van der Waals surface area contributed by atoms with Crippen LogP contribution in [0.2, 0.25) is 10.0 Å². The van der Waals surface area contributed by atoms with Crippen molar-refractivity contribution in [1.29, 1.82) is 0 Å². The van der Waals surface area contributed by atoms with Gasteiger partial charge in [-0.1, -0.05) is 35.3 Å². The summed E-state index contributed by atoms with van der Waals surface area (Å²) in [6, 6.07) is 11.6. The quantitative estimate of drug-likeness (QED) is 0.805. The number of hydrogen-bond acceptors (Lipinski definition) is 1. The zero-order chi connectivity index (χ0) is 15.9. The molecule has 22 heavy (non-hydrogen) atoms. The van der Waals surface area contributed by atoms with Crippen LogP contribution in [0.4, 0.5) is 5.69 Å². The molecule has 114 valence electrons. The molecule has 0 spiro atoms. The molecule has 1 amide bonds. The Bertz CT molecular complexity index is 722. The molecular weight excluding hydrogens is 317 g/mol. The lowest BCUT2D eigenvalue weighted by Gasteiger charge is -2.09. The predicted octanol–water partition coefficient (Wildman–Crippen LogP) is 5.35. The zero-order valence-corrected chi connectivity index (χ0v) is 14.0. The molecule has 4 heteroatoms. The van der Waals surface area contributed by atoms with Crippen LogP contribution in [0.1, 0.15) is 29.0 Å². The monoisotopic (exact) mass is 333 g/mol. The molecule has 0 aliphatic heterocycles. The molecule has 0 saturated heterocycles. The zero-order valence-electron chi connectivity index (χ0n) is 12.5. The van der Waals surface area contributed by atoms with Crippen molar-refractivity contribution < 1.29 is 4.79 Å². The maximum Gasteiger partial charge on any atom is 0.228 e. The van der Waals surface area contributed by atoms with Gasteiger partial charge in [-0.05, 0) is 67.1 Å². The van der Waals surface area contributed by atoms with E-state index < -0.39 is 0 Å². The van der Waals surface area contributed by atoms with Crippen molar-refractivity contribution in [3.63, 3.8) is 0 Å². The van der Waals surface area contributed by atoms with Gasteiger partial charge in [0.25, 0.3) is 0 Å². The summed E-state index contributed by atoms with van der Waals surface area (Å²) in [5.74, 6) is 0.269. The number of anilines is 1. The van der Waals surface area contributed by atoms with E-state index in [2.05, 4.69) is 5.32 Å². The highest BCUT2D eigenvalue weighted by atomic mass is 35.5. The maximum absolute atomic E-state index is 12.4. The third kappa shape index (κ3) is 3.29. The van der Waals surface area contributed by atoms with Gasteiger partial charge in [-0.15, -0.1) is 0 Å². The molecular formula is C18H17Cl2NO. The minimum Gasteiger partial charge on any atom is -0.326 e. The largest absolute Gasteiger partial charge is 0.326 e. The van der Waals surface area contributed by atoms with Crippen LogP contribution in [0, 0.1) is 19.8 Å². The summed E-state index contributed by atoms with van der Waals surface area (Å²) in [6.07, 6.45) is 0.841. The molecule has 0 unspecified atom stereocenters. The minimum atomic E-state index is -0.00514. The molecule has 2 nitrogen and oxygen atoms in total. The second-order valence-electron chi connectivity index (χ2n) is 5.96. The van der Waals surface area contributed by atoms with E-state index in [1.165, 1.54) is 0 Å². The van der Waals surface area contributed by atoms with Crippen LogP contribution in [0.15, 0.2) is 36.4 Å². The fourth-order valence-electron chi connectivity index (χ4n) is 2.74. The lowest BCUT2D eigenvalue weighted by atomic mass is 10.1. The summed E-state index contributed by atoms with van der Waals surface area (Å²) in [4.78, 5) is 12.4. The van der Waals surface area contributed by atoms with E-state index >= 15 is 0 Å². The number of nitrogens with one attached hydrogen (secondary N) is 1. The molecule has 2 aromatic rings. The summed E-state index contributed by atoms with van der Waals surface area (Å²) in [5.41, 5.74) is 4.13. The summed E-state index contributed by atoms with van der Waals surface area (Å²) in [6.45, 7) is 4.01. The second kappa shape index (κ2) is 5.94. The second-order valence-corrected chi connectivity index (χ2v) is 6.83. The van der Waals surface area contributed by atoms with Gasteiger partial charge in [-0.3, -0.25) is 4.79 Å². The number of rotatable bonds is 3. The standard InChI is InChI=1S/C18H17Cl2NO/c1-10-3-4-11(2)17(5-10)21-18(22)16-9-15(16)12-6-13(19)8-14(20)7-12/h3-8,15-16H,9H2,1-2H3,(H,21,22)/t15-,16+/m0/s1. The summed E-state index contributed by atoms with van der Waals surface area (Å²) in [5, 5.41) is 4.26. The maximum atomic E-state index is 12.4. The van der Waals surface area contributed by atoms with E-state index in [0.717, 1.165) is 28.8 Å². The molecule has 1 aliphatic rings. The average molecular weight is 334 g/mol. The molecule has 2 atom stereocenters. The first-order valence-electron chi connectivity index (χ1n) is 7.28. The van der Waals surface area contributed by atoms with Crippen molar-refractivity contribution in [3.05, 3.63) is 63.1 Å². The van der Waals surface area contributed by atoms with E-state index in [1.54, 1.807) is 6.07 Å². The Balaban J connectivity index is 1.71. The van der Waals surface area contributed by atoms with Gasteiger partial charge in [0, 0.05) is 21.7 Å². The van der Waals surface area contributed by atoms with E-state index in [9.17, 15) is 4.79 Å². The fraction of sp³-hybridized carbons (Fsp3) is 0.278. The SMILES string of the molecule is Cc1ccc(C)c(NC(=O)[C@@H]2C[C@H]2c2cc(Cl)cc(Cl)c2)c1. The lowest BCUT2D eigenvalue weighted by Crippen LogP contribution is -2.15. The van der Waals surface area contributed by atoms with Crippen LogP contribution in [0.25, 0.3) is 0 Å². The van der Waals surface area contributed by atoms with Crippen LogP contribution in [-0.4, -0.2) is 5.91 Å². The molecule has 0 radical (unpaired) electrons. The Morgan fingerprint density at radius 2 is 1.77 bits per heavy atom. The topological polar surface area (TPSA) is 29.1 Å². The van der Waals surface area contributed by atoms with Gasteiger partial charge in [0.2, 0.25) is 5.91 Å². The van der Waals surface area contributed by atoms with Crippen molar-refractivity contribution in [2.75, 3.05) is 5.32 Å². The fourth-order valence-corrected chi connectivity index (χ4v) is 3.28. The number of carbonyl (C=O) groups is 1. The highest BCUT2D eigenvalue weighted by Crippen LogP contribution is 2.49. The van der Waals surface area contributed by atoms with Crippen LogP contribution < -0.4 is 5.32 Å². The van der Waals surface area contributed by atoms with Gasteiger partial charge in [0.15, 0.2) is 0 Å². The summed E-state index contributed by atoms with van der Waals surface area (Å²) < 4.78 is 0. The van der Waals surface area contributed by atoms with Crippen molar-refractivity contribution >= 4 is 34.8 Å². The first-order valence-corrected chi connectivity index (χ1v) is 8.04. The molecule has 3 rings (SSSR count). The number of amides is 1. The van der Waals surface area contributed by atoms with Gasteiger partial charge >= 0.3 is 0 Å². The molecule has 0 aromatic heterocycles. The first kappa shape index (κ1) is 15.4. The van der Waals surface area contributed by atoms with Crippen molar-refractivity contribution in [1.82, 2.24) is 0 Å². The van der Waals surface area contributed by atoms with Crippen LogP contribution in [0.5, 0.6) is 0 Å². The van der Waals surface area contributed by atoms with Gasteiger partial charge < -0.3 is 5.32 Å². The van der Waals surface area contributed by atoms with Gasteiger partial charge in [-0.25, -0.2) is 0 Å². The molecule has 1 N–H and O–H groups in total. The Morgan fingerprint density at radius 3 is 2.45 bits per heavy atom. The van der Waals surface area contributed by atoms with E-state index in [4.69, 9.17) is 23.2 Å². The van der Waals surface area contributed by atoms with E-state index in [-0.39, 0.29) is 17.7 Å². The number of hydrogen-bond donors (Lipinski definition) is 1. The third-order valence-electron chi connectivity index (χ3n) is 4.09. The van der Waals surface area contributed by atoms with E-state index in [1.807, 2.05) is 44.2 Å². The van der Waals surface area contributed by atoms with Crippen molar-refractivity contribution in [2.24, 2.45) is 5.92 Å². The number of carbonyl (C=O) groups excluding carboxylic acids is 1. The molecule has 0 heterocycles. The lowest BCUT2D eigenvalue weighted by molar-refractivity contribution is -0.117. The normalized spacial score (nSPS) is 19.8. The molecule has 2 aromatic carbocycles. The van der Waals surface area contributed by atoms with Gasteiger partial charge in [0.05, 0.1) is 0 Å². The average Bonchev–Trinajstić information content (AvgIpc) is 3.22. The van der Waals surface area contributed by atoms with Crippen LogP contribution >= 0.6 is 23.2 Å². The van der Waals surface area contributed by atoms with Crippen molar-refractivity contribution in [3.8, 4) is 0 Å². The predicted molar refractivity (Wildman–Crippen MR) is 91.9 cm³/mol.